The highest BCUT2D eigenvalue weighted by Gasteiger charge is 2.07. The number of aromatic nitrogens is 5. The Hall–Kier alpha value is -2.44. The van der Waals surface area contributed by atoms with Crippen LogP contribution in [0.15, 0.2) is 29.2 Å². The Morgan fingerprint density at radius 3 is 3.12 bits per heavy atom. The van der Waals surface area contributed by atoms with Gasteiger partial charge in [0.05, 0.1) is 12.7 Å². The van der Waals surface area contributed by atoms with E-state index in [0.717, 1.165) is 11.6 Å². The van der Waals surface area contributed by atoms with Crippen LogP contribution >= 0.6 is 0 Å². The molecule has 0 fully saturated rings. The molecule has 0 radical (unpaired) electrons. The van der Waals surface area contributed by atoms with Gasteiger partial charge >= 0.3 is 0 Å². The van der Waals surface area contributed by atoms with Gasteiger partial charge in [0.25, 0.3) is 0 Å². The van der Waals surface area contributed by atoms with Crippen molar-refractivity contribution in [2.24, 2.45) is 0 Å². The molecule has 0 bridgehead atoms. The van der Waals surface area contributed by atoms with E-state index in [0.29, 0.717) is 18.0 Å². The molecule has 0 amide bonds. The van der Waals surface area contributed by atoms with Crippen LogP contribution < -0.4 is 5.32 Å². The van der Waals surface area contributed by atoms with Gasteiger partial charge in [-0.3, -0.25) is 4.40 Å². The van der Waals surface area contributed by atoms with E-state index in [2.05, 4.69) is 25.7 Å². The summed E-state index contributed by atoms with van der Waals surface area (Å²) in [5, 5.41) is 14.8. The largest absolute Gasteiger partial charge is 0.360 e. The molecule has 3 aromatic heterocycles. The van der Waals surface area contributed by atoms with Gasteiger partial charge in [0.2, 0.25) is 5.65 Å². The van der Waals surface area contributed by atoms with Gasteiger partial charge in [-0.15, -0.1) is 10.2 Å². The summed E-state index contributed by atoms with van der Waals surface area (Å²) < 4.78 is 6.86. The average molecular weight is 230 g/mol. The number of nitrogens with zero attached hydrogens (tertiary/aromatic N) is 5. The molecule has 86 valence electrons. The van der Waals surface area contributed by atoms with E-state index < -0.39 is 0 Å². The summed E-state index contributed by atoms with van der Waals surface area (Å²) in [6, 6.07) is 1.79. The van der Waals surface area contributed by atoms with Gasteiger partial charge in [-0.25, -0.2) is 4.98 Å². The number of rotatable bonds is 3. The molecule has 0 atom stereocenters. The first-order valence-electron chi connectivity index (χ1n) is 5.14. The summed E-state index contributed by atoms with van der Waals surface area (Å²) in [5.41, 5.74) is 0.699. The topological polar surface area (TPSA) is 81.1 Å². The monoisotopic (exact) mass is 230 g/mol. The molecule has 0 aliphatic rings. The summed E-state index contributed by atoms with van der Waals surface area (Å²) in [6.07, 6.45) is 5.13. The number of anilines is 1. The van der Waals surface area contributed by atoms with Crippen molar-refractivity contribution >= 4 is 11.5 Å². The predicted octanol–water partition coefficient (Wildman–Crippen LogP) is 1.03. The number of hydrogen-bond acceptors (Lipinski definition) is 6. The van der Waals surface area contributed by atoms with Crippen molar-refractivity contribution in [1.82, 2.24) is 24.7 Å². The standard InChI is InChI=1S/C10H10N6O/c1-7-14-15-10-9(11-4-5-16(7)10)12-6-8-2-3-13-17-8/h2-5H,6H2,1H3,(H,11,12). The van der Waals surface area contributed by atoms with Crippen molar-refractivity contribution < 1.29 is 4.52 Å². The lowest BCUT2D eigenvalue weighted by Crippen LogP contribution is -2.03. The van der Waals surface area contributed by atoms with E-state index in [1.165, 1.54) is 0 Å². The van der Waals surface area contributed by atoms with E-state index in [4.69, 9.17) is 4.52 Å². The van der Waals surface area contributed by atoms with Gasteiger partial charge in [0, 0.05) is 18.5 Å². The molecule has 1 N–H and O–H groups in total. The van der Waals surface area contributed by atoms with Gasteiger partial charge in [-0.1, -0.05) is 5.16 Å². The van der Waals surface area contributed by atoms with Crippen LogP contribution in [0.3, 0.4) is 0 Å². The molecule has 0 saturated carbocycles. The number of nitrogens with one attached hydrogen (secondary N) is 1. The molecule has 7 heteroatoms. The van der Waals surface area contributed by atoms with Crippen molar-refractivity contribution in [1.29, 1.82) is 0 Å². The highest BCUT2D eigenvalue weighted by atomic mass is 16.5. The third-order valence-corrected chi connectivity index (χ3v) is 2.42. The van der Waals surface area contributed by atoms with E-state index in [1.54, 1.807) is 18.5 Å². The van der Waals surface area contributed by atoms with Gasteiger partial charge in [0.1, 0.15) is 5.82 Å². The Morgan fingerprint density at radius 2 is 2.29 bits per heavy atom. The van der Waals surface area contributed by atoms with E-state index in [-0.39, 0.29) is 0 Å². The second kappa shape index (κ2) is 3.85. The first-order valence-corrected chi connectivity index (χ1v) is 5.14. The molecule has 0 aromatic carbocycles. The SMILES string of the molecule is Cc1nnc2c(NCc3ccno3)nccn12. The van der Waals surface area contributed by atoms with E-state index >= 15 is 0 Å². The van der Waals surface area contributed by atoms with Crippen LogP contribution in [0.25, 0.3) is 5.65 Å². The molecule has 0 aliphatic heterocycles. The minimum Gasteiger partial charge on any atom is -0.360 e. The average Bonchev–Trinajstić information content (AvgIpc) is 2.97. The smallest absolute Gasteiger partial charge is 0.203 e. The summed E-state index contributed by atoms with van der Waals surface area (Å²) >= 11 is 0. The predicted molar refractivity (Wildman–Crippen MR) is 59.3 cm³/mol. The second-order valence-corrected chi connectivity index (χ2v) is 3.55. The molecule has 0 aliphatic carbocycles. The van der Waals surface area contributed by atoms with Crippen molar-refractivity contribution in [3.63, 3.8) is 0 Å². The minimum absolute atomic E-state index is 0.512. The van der Waals surface area contributed by atoms with Crippen molar-refractivity contribution in [2.75, 3.05) is 5.32 Å². The van der Waals surface area contributed by atoms with Crippen LogP contribution in [0.4, 0.5) is 5.82 Å². The summed E-state index contributed by atoms with van der Waals surface area (Å²) in [7, 11) is 0. The van der Waals surface area contributed by atoms with Crippen molar-refractivity contribution in [3.05, 3.63) is 36.2 Å². The molecular weight excluding hydrogens is 220 g/mol. The maximum absolute atomic E-state index is 4.99. The zero-order valence-corrected chi connectivity index (χ0v) is 9.16. The Morgan fingerprint density at radius 1 is 1.35 bits per heavy atom. The molecular formula is C10H10N6O. The van der Waals surface area contributed by atoms with Gasteiger partial charge in [-0.2, -0.15) is 0 Å². The van der Waals surface area contributed by atoms with Crippen LogP contribution in [-0.4, -0.2) is 24.7 Å². The Labute approximate surface area is 96.5 Å². The maximum atomic E-state index is 4.99. The molecule has 3 heterocycles. The lowest BCUT2D eigenvalue weighted by atomic mass is 10.4. The molecule has 0 unspecified atom stereocenters. The highest BCUT2D eigenvalue weighted by molar-refractivity contribution is 5.61. The highest BCUT2D eigenvalue weighted by Crippen LogP contribution is 2.12. The minimum atomic E-state index is 0.512. The molecule has 0 saturated heterocycles. The zero-order chi connectivity index (χ0) is 11.7. The second-order valence-electron chi connectivity index (χ2n) is 3.55. The van der Waals surface area contributed by atoms with Gasteiger partial charge < -0.3 is 9.84 Å². The van der Waals surface area contributed by atoms with E-state index in [9.17, 15) is 0 Å². The fraction of sp³-hybridized carbons (Fsp3) is 0.200. The Bertz CT molecular complexity index is 629. The van der Waals surface area contributed by atoms with Crippen LogP contribution in [0, 0.1) is 6.92 Å². The van der Waals surface area contributed by atoms with Crippen molar-refractivity contribution in [2.45, 2.75) is 13.5 Å². The van der Waals surface area contributed by atoms with Crippen LogP contribution in [0.5, 0.6) is 0 Å². The van der Waals surface area contributed by atoms with Crippen LogP contribution in [-0.2, 0) is 6.54 Å². The fourth-order valence-electron chi connectivity index (χ4n) is 1.57. The summed E-state index contributed by atoms with van der Waals surface area (Å²) in [4.78, 5) is 4.22. The molecule has 7 nitrogen and oxygen atoms in total. The quantitative estimate of drug-likeness (QED) is 0.723. The maximum Gasteiger partial charge on any atom is 0.203 e. The molecule has 0 spiro atoms. The molecule has 3 aromatic rings. The Kier molecular flexibility index (Phi) is 2.21. The third-order valence-electron chi connectivity index (χ3n) is 2.42. The van der Waals surface area contributed by atoms with Crippen molar-refractivity contribution in [3.8, 4) is 0 Å². The fourth-order valence-corrected chi connectivity index (χ4v) is 1.57. The first-order chi connectivity index (χ1) is 8.34. The summed E-state index contributed by atoms with van der Waals surface area (Å²) in [5.74, 6) is 2.24. The normalized spacial score (nSPS) is 10.9. The zero-order valence-electron chi connectivity index (χ0n) is 9.16. The number of fused-ring (bicyclic) bond motifs is 1. The Balaban J connectivity index is 1.90. The number of hydrogen-bond donors (Lipinski definition) is 1. The number of aryl methyl sites for hydroxylation is 1. The lowest BCUT2D eigenvalue weighted by molar-refractivity contribution is 0.388. The summed E-state index contributed by atoms with van der Waals surface area (Å²) in [6.45, 7) is 2.40. The van der Waals surface area contributed by atoms with Gasteiger partial charge in [0.15, 0.2) is 11.6 Å². The molecule has 3 rings (SSSR count). The van der Waals surface area contributed by atoms with Crippen LogP contribution in [0.1, 0.15) is 11.6 Å². The van der Waals surface area contributed by atoms with E-state index in [1.807, 2.05) is 17.5 Å². The van der Waals surface area contributed by atoms with Gasteiger partial charge in [-0.05, 0) is 6.92 Å². The van der Waals surface area contributed by atoms with Crippen LogP contribution in [0.2, 0.25) is 0 Å². The third kappa shape index (κ3) is 1.71. The lowest BCUT2D eigenvalue weighted by Gasteiger charge is -2.03. The first kappa shape index (κ1) is 9.76. The molecule has 17 heavy (non-hydrogen) atoms.